The molecule has 0 aliphatic carbocycles. The number of nitrogens with one attached hydrogen (secondary N) is 1. The van der Waals surface area contributed by atoms with Gasteiger partial charge in [-0.15, -0.1) is 11.6 Å². The summed E-state index contributed by atoms with van der Waals surface area (Å²) in [6.45, 7) is 2.31. The molecule has 0 rings (SSSR count). The van der Waals surface area contributed by atoms with Crippen LogP contribution in [0.3, 0.4) is 0 Å². The molecule has 0 unspecified atom stereocenters. The smallest absolute Gasteiger partial charge is 0.234 e. The molecule has 0 fully saturated rings. The van der Waals surface area contributed by atoms with Crippen molar-refractivity contribution in [1.82, 2.24) is 5.32 Å². The van der Waals surface area contributed by atoms with E-state index < -0.39 is 0 Å². The Morgan fingerprint density at radius 1 is 1.89 bits per heavy atom. The Morgan fingerprint density at radius 2 is 2.44 bits per heavy atom. The van der Waals surface area contributed by atoms with Crippen molar-refractivity contribution in [2.45, 2.75) is 13.0 Å². The van der Waals surface area contributed by atoms with Gasteiger partial charge in [0.15, 0.2) is 0 Å². The molecule has 54 valence electrons. The van der Waals surface area contributed by atoms with Gasteiger partial charge < -0.3 is 11.1 Å². The van der Waals surface area contributed by atoms with Crippen LogP contribution in [0.2, 0.25) is 0 Å². The summed E-state index contributed by atoms with van der Waals surface area (Å²) in [5.41, 5.74) is 5.34. The summed E-state index contributed by atoms with van der Waals surface area (Å²) in [5, 5.41) is 2.54. The Hall–Kier alpha value is -0.280. The van der Waals surface area contributed by atoms with Crippen LogP contribution in [0.1, 0.15) is 6.92 Å². The number of halogens is 1. The van der Waals surface area contributed by atoms with Gasteiger partial charge in [0.1, 0.15) is 5.88 Å². The van der Waals surface area contributed by atoms with E-state index in [1.165, 1.54) is 0 Å². The Balaban J connectivity index is 3.17. The first-order valence-corrected chi connectivity index (χ1v) is 3.28. The molecule has 0 bridgehead atoms. The van der Waals surface area contributed by atoms with Gasteiger partial charge in [0, 0.05) is 12.6 Å². The maximum Gasteiger partial charge on any atom is 0.234 e. The zero-order valence-corrected chi connectivity index (χ0v) is 6.11. The molecular weight excluding hydrogens is 140 g/mol. The molecule has 0 saturated carbocycles. The molecule has 1 atom stereocenters. The zero-order valence-electron chi connectivity index (χ0n) is 5.36. The Kier molecular flexibility index (Phi) is 4.44. The summed E-state index contributed by atoms with van der Waals surface area (Å²) in [4.78, 5) is 10.4. The van der Waals surface area contributed by atoms with Crippen LogP contribution in [0.5, 0.6) is 0 Å². The van der Waals surface area contributed by atoms with Gasteiger partial charge in [0.2, 0.25) is 5.91 Å². The highest BCUT2D eigenvalue weighted by molar-refractivity contribution is 6.27. The third kappa shape index (κ3) is 5.59. The monoisotopic (exact) mass is 150 g/mol. The lowest BCUT2D eigenvalue weighted by Crippen LogP contribution is -2.35. The second-order valence-corrected chi connectivity index (χ2v) is 2.18. The van der Waals surface area contributed by atoms with Crippen molar-refractivity contribution >= 4 is 17.5 Å². The van der Waals surface area contributed by atoms with E-state index >= 15 is 0 Å². The summed E-state index contributed by atoms with van der Waals surface area (Å²) >= 11 is 5.18. The minimum atomic E-state index is -0.172. The molecule has 0 spiro atoms. The summed E-state index contributed by atoms with van der Waals surface area (Å²) in [6, 6.07) is -0.00262. The summed E-state index contributed by atoms with van der Waals surface area (Å²) in [7, 11) is 0. The number of carbonyl (C=O) groups excluding carboxylic acids is 1. The van der Waals surface area contributed by atoms with E-state index in [4.69, 9.17) is 17.3 Å². The third-order valence-corrected chi connectivity index (χ3v) is 0.985. The fraction of sp³-hybridized carbons (Fsp3) is 0.800. The summed E-state index contributed by atoms with van der Waals surface area (Å²) in [5.74, 6) is -0.166. The first-order valence-electron chi connectivity index (χ1n) is 2.75. The van der Waals surface area contributed by atoms with Crippen molar-refractivity contribution in [2.24, 2.45) is 5.73 Å². The normalized spacial score (nSPS) is 12.8. The number of alkyl halides is 1. The number of nitrogens with two attached hydrogens (primary N) is 1. The number of carbonyl (C=O) groups is 1. The van der Waals surface area contributed by atoms with Crippen molar-refractivity contribution in [3.63, 3.8) is 0 Å². The van der Waals surface area contributed by atoms with E-state index in [0.29, 0.717) is 6.54 Å². The molecule has 9 heavy (non-hydrogen) atoms. The maximum absolute atomic E-state index is 10.4. The lowest BCUT2D eigenvalue weighted by atomic mass is 10.4. The molecular formula is C5H11ClN2O. The predicted molar refractivity (Wildman–Crippen MR) is 37.4 cm³/mol. The standard InChI is InChI=1S/C5H11ClN2O/c1-4(7)3-8-5(9)2-6/h4H,2-3,7H2,1H3,(H,8,9)/t4-/m1/s1. The van der Waals surface area contributed by atoms with Gasteiger partial charge in [0.25, 0.3) is 0 Å². The average Bonchev–Trinajstić information content (AvgIpc) is 1.83. The predicted octanol–water partition coefficient (Wildman–Crippen LogP) is -0.311. The van der Waals surface area contributed by atoms with Crippen LogP contribution < -0.4 is 11.1 Å². The number of hydrogen-bond donors (Lipinski definition) is 2. The van der Waals surface area contributed by atoms with Gasteiger partial charge in [-0.2, -0.15) is 0 Å². The van der Waals surface area contributed by atoms with Crippen molar-refractivity contribution in [1.29, 1.82) is 0 Å². The molecule has 3 N–H and O–H groups in total. The average molecular weight is 151 g/mol. The zero-order chi connectivity index (χ0) is 7.28. The van der Waals surface area contributed by atoms with Crippen LogP contribution in [0.25, 0.3) is 0 Å². The number of amides is 1. The van der Waals surface area contributed by atoms with Gasteiger partial charge in [0.05, 0.1) is 0 Å². The molecule has 0 aliphatic heterocycles. The van der Waals surface area contributed by atoms with E-state index in [-0.39, 0.29) is 17.8 Å². The molecule has 0 radical (unpaired) electrons. The first-order chi connectivity index (χ1) is 4.16. The lowest BCUT2D eigenvalue weighted by molar-refractivity contribution is -0.118. The van der Waals surface area contributed by atoms with Gasteiger partial charge in [-0.05, 0) is 6.92 Å². The van der Waals surface area contributed by atoms with E-state index in [1.807, 2.05) is 6.92 Å². The van der Waals surface area contributed by atoms with E-state index in [2.05, 4.69) is 5.32 Å². The molecule has 1 amide bonds. The maximum atomic E-state index is 10.4. The molecule has 0 aromatic rings. The largest absolute Gasteiger partial charge is 0.354 e. The fourth-order valence-electron chi connectivity index (χ4n) is 0.322. The molecule has 0 saturated heterocycles. The van der Waals surface area contributed by atoms with Crippen LogP contribution in [0, 0.1) is 0 Å². The number of hydrogen-bond acceptors (Lipinski definition) is 2. The van der Waals surface area contributed by atoms with Gasteiger partial charge in [-0.3, -0.25) is 4.79 Å². The summed E-state index contributed by atoms with van der Waals surface area (Å²) < 4.78 is 0. The molecule has 0 aromatic carbocycles. The van der Waals surface area contributed by atoms with Gasteiger partial charge in [-0.25, -0.2) is 0 Å². The second-order valence-electron chi connectivity index (χ2n) is 1.91. The highest BCUT2D eigenvalue weighted by atomic mass is 35.5. The minimum absolute atomic E-state index is 0.00262. The quantitative estimate of drug-likeness (QED) is 0.543. The van der Waals surface area contributed by atoms with Crippen LogP contribution in [0.4, 0.5) is 0 Å². The first kappa shape index (κ1) is 8.72. The van der Waals surface area contributed by atoms with Crippen LogP contribution in [-0.4, -0.2) is 24.4 Å². The third-order valence-electron chi connectivity index (χ3n) is 0.743. The molecule has 0 aliphatic rings. The summed E-state index contributed by atoms with van der Waals surface area (Å²) in [6.07, 6.45) is 0. The topological polar surface area (TPSA) is 55.1 Å². The Bertz CT molecular complexity index is 95.0. The molecule has 0 aromatic heterocycles. The fourth-order valence-corrected chi connectivity index (χ4v) is 0.417. The number of rotatable bonds is 3. The Morgan fingerprint density at radius 3 is 2.78 bits per heavy atom. The van der Waals surface area contributed by atoms with Crippen LogP contribution in [0.15, 0.2) is 0 Å². The van der Waals surface area contributed by atoms with Crippen molar-refractivity contribution < 1.29 is 4.79 Å². The second kappa shape index (κ2) is 4.58. The van der Waals surface area contributed by atoms with E-state index in [1.54, 1.807) is 0 Å². The van der Waals surface area contributed by atoms with Gasteiger partial charge in [-0.1, -0.05) is 0 Å². The highest BCUT2D eigenvalue weighted by Gasteiger charge is 1.97. The van der Waals surface area contributed by atoms with Gasteiger partial charge >= 0.3 is 0 Å². The van der Waals surface area contributed by atoms with E-state index in [9.17, 15) is 4.79 Å². The molecule has 4 heteroatoms. The highest BCUT2D eigenvalue weighted by Crippen LogP contribution is 1.75. The van der Waals surface area contributed by atoms with Crippen molar-refractivity contribution in [3.8, 4) is 0 Å². The minimum Gasteiger partial charge on any atom is -0.354 e. The van der Waals surface area contributed by atoms with Crippen molar-refractivity contribution in [3.05, 3.63) is 0 Å². The molecule has 3 nitrogen and oxygen atoms in total. The van der Waals surface area contributed by atoms with Crippen LogP contribution >= 0.6 is 11.6 Å². The lowest BCUT2D eigenvalue weighted by Gasteiger charge is -2.04. The Labute approximate surface area is 59.6 Å². The molecule has 0 heterocycles. The van der Waals surface area contributed by atoms with Crippen LogP contribution in [-0.2, 0) is 4.79 Å². The van der Waals surface area contributed by atoms with E-state index in [0.717, 1.165) is 0 Å². The van der Waals surface area contributed by atoms with Crippen molar-refractivity contribution in [2.75, 3.05) is 12.4 Å². The SMILES string of the molecule is C[C@@H](N)CNC(=O)CCl.